The van der Waals surface area contributed by atoms with Crippen molar-refractivity contribution in [2.45, 2.75) is 64.0 Å². The highest BCUT2D eigenvalue weighted by Crippen LogP contribution is 2.19. The molecule has 3 heteroatoms. The first-order valence-electron chi connectivity index (χ1n) is 6.77. The lowest BCUT2D eigenvalue weighted by Gasteiger charge is -2.36. The maximum absolute atomic E-state index is 11.3. The van der Waals surface area contributed by atoms with Crippen LogP contribution in [0.15, 0.2) is 0 Å². The highest BCUT2D eigenvalue weighted by molar-refractivity contribution is 5.73. The highest BCUT2D eigenvalue weighted by Gasteiger charge is 2.24. The van der Waals surface area contributed by atoms with Crippen molar-refractivity contribution in [1.29, 1.82) is 0 Å². The van der Waals surface area contributed by atoms with Gasteiger partial charge in [0.15, 0.2) is 0 Å². The molecule has 0 aromatic rings. The zero-order chi connectivity index (χ0) is 11.4. The van der Waals surface area contributed by atoms with Gasteiger partial charge in [-0.25, -0.2) is 0 Å². The number of hydrogen-bond donors (Lipinski definition) is 1. The van der Waals surface area contributed by atoms with Crippen molar-refractivity contribution in [3.8, 4) is 0 Å². The lowest BCUT2D eigenvalue weighted by Crippen LogP contribution is -2.50. The molecule has 1 aliphatic carbocycles. The topological polar surface area (TPSA) is 32.3 Å². The van der Waals surface area contributed by atoms with E-state index in [-0.39, 0.29) is 5.91 Å². The van der Waals surface area contributed by atoms with Crippen LogP contribution in [0.25, 0.3) is 0 Å². The van der Waals surface area contributed by atoms with E-state index in [1.54, 1.807) is 6.92 Å². The molecule has 1 N–H and O–H groups in total. The van der Waals surface area contributed by atoms with Gasteiger partial charge in [-0.3, -0.25) is 4.79 Å². The molecule has 16 heavy (non-hydrogen) atoms. The molecule has 1 aliphatic heterocycles. The first kappa shape index (κ1) is 11.9. The second-order valence-electron chi connectivity index (χ2n) is 5.31. The van der Waals surface area contributed by atoms with E-state index in [9.17, 15) is 4.79 Å². The summed E-state index contributed by atoms with van der Waals surface area (Å²) in [6, 6.07) is 1.26. The van der Waals surface area contributed by atoms with Crippen LogP contribution >= 0.6 is 0 Å². The highest BCUT2D eigenvalue weighted by atomic mass is 16.2. The molecule has 0 bridgehead atoms. The predicted octanol–water partition coefficient (Wildman–Crippen LogP) is 1.92. The standard InChI is InChI=1S/C13H24N2O/c1-11(16)15-9-5-8-13(10-15)14-12-6-3-2-4-7-12/h12-14H,2-10H2,1H3. The van der Waals surface area contributed by atoms with E-state index in [1.807, 2.05) is 4.90 Å². The molecule has 1 amide bonds. The first-order chi connectivity index (χ1) is 7.75. The van der Waals surface area contributed by atoms with Crippen molar-refractivity contribution in [2.24, 2.45) is 0 Å². The Labute approximate surface area is 98.6 Å². The zero-order valence-electron chi connectivity index (χ0n) is 10.4. The first-order valence-corrected chi connectivity index (χ1v) is 6.77. The zero-order valence-corrected chi connectivity index (χ0v) is 10.4. The fraction of sp³-hybridized carbons (Fsp3) is 0.923. The van der Waals surface area contributed by atoms with Crippen LogP contribution in [0.3, 0.4) is 0 Å². The van der Waals surface area contributed by atoms with Gasteiger partial charge in [-0.15, -0.1) is 0 Å². The molecule has 0 aromatic carbocycles. The Balaban J connectivity index is 1.78. The molecular formula is C13H24N2O. The van der Waals surface area contributed by atoms with Crippen LogP contribution in [0.5, 0.6) is 0 Å². The minimum atomic E-state index is 0.232. The molecular weight excluding hydrogens is 200 g/mol. The fourth-order valence-corrected chi connectivity index (χ4v) is 3.00. The van der Waals surface area contributed by atoms with Gasteiger partial charge in [0.05, 0.1) is 0 Å². The fourth-order valence-electron chi connectivity index (χ4n) is 3.00. The molecule has 0 spiro atoms. The summed E-state index contributed by atoms with van der Waals surface area (Å²) >= 11 is 0. The third-order valence-corrected chi connectivity index (χ3v) is 3.94. The Morgan fingerprint density at radius 3 is 2.44 bits per heavy atom. The molecule has 92 valence electrons. The number of nitrogens with one attached hydrogen (secondary N) is 1. The number of amides is 1. The van der Waals surface area contributed by atoms with Crippen molar-refractivity contribution in [3.05, 3.63) is 0 Å². The normalized spacial score (nSPS) is 28.1. The van der Waals surface area contributed by atoms with Gasteiger partial charge in [-0.2, -0.15) is 0 Å². The second-order valence-corrected chi connectivity index (χ2v) is 5.31. The molecule has 0 aromatic heterocycles. The third kappa shape index (κ3) is 3.21. The Morgan fingerprint density at radius 1 is 1.06 bits per heavy atom. The van der Waals surface area contributed by atoms with E-state index < -0.39 is 0 Å². The molecule has 1 heterocycles. The average Bonchev–Trinajstić information content (AvgIpc) is 2.30. The maximum Gasteiger partial charge on any atom is 0.219 e. The molecule has 2 rings (SSSR count). The Bertz CT molecular complexity index is 236. The third-order valence-electron chi connectivity index (χ3n) is 3.94. The Hall–Kier alpha value is -0.570. The largest absolute Gasteiger partial charge is 0.341 e. The summed E-state index contributed by atoms with van der Waals surface area (Å²) in [4.78, 5) is 13.3. The van der Waals surface area contributed by atoms with Crippen LogP contribution in [0, 0.1) is 0 Å². The van der Waals surface area contributed by atoms with Gasteiger partial charge >= 0.3 is 0 Å². The van der Waals surface area contributed by atoms with E-state index in [2.05, 4.69) is 5.32 Å². The number of hydrogen-bond acceptors (Lipinski definition) is 2. The molecule has 0 radical (unpaired) electrons. The minimum absolute atomic E-state index is 0.232. The molecule has 2 fully saturated rings. The van der Waals surface area contributed by atoms with Gasteiger partial charge in [0.2, 0.25) is 5.91 Å². The summed E-state index contributed by atoms with van der Waals surface area (Å²) < 4.78 is 0. The van der Waals surface area contributed by atoms with Crippen molar-refractivity contribution in [2.75, 3.05) is 13.1 Å². The van der Waals surface area contributed by atoms with Crippen LogP contribution in [0.2, 0.25) is 0 Å². The molecule has 1 unspecified atom stereocenters. The van der Waals surface area contributed by atoms with Crippen LogP contribution < -0.4 is 5.32 Å². The number of carbonyl (C=O) groups is 1. The Morgan fingerprint density at radius 2 is 1.75 bits per heavy atom. The number of piperidine rings is 1. The van der Waals surface area contributed by atoms with Crippen LogP contribution in [-0.2, 0) is 4.79 Å². The van der Waals surface area contributed by atoms with Crippen LogP contribution in [0.4, 0.5) is 0 Å². The Kier molecular flexibility index (Phi) is 4.22. The van der Waals surface area contributed by atoms with Gasteiger partial charge in [0.1, 0.15) is 0 Å². The van der Waals surface area contributed by atoms with Gasteiger partial charge in [0.25, 0.3) is 0 Å². The molecule has 1 saturated carbocycles. The monoisotopic (exact) mass is 224 g/mol. The van der Waals surface area contributed by atoms with E-state index in [0.717, 1.165) is 19.5 Å². The summed E-state index contributed by atoms with van der Waals surface area (Å²) in [5.41, 5.74) is 0. The summed E-state index contributed by atoms with van der Waals surface area (Å²) in [6.45, 7) is 3.56. The summed E-state index contributed by atoms with van der Waals surface area (Å²) in [5.74, 6) is 0.232. The van der Waals surface area contributed by atoms with Gasteiger partial charge in [-0.1, -0.05) is 19.3 Å². The van der Waals surface area contributed by atoms with Crippen molar-refractivity contribution in [1.82, 2.24) is 10.2 Å². The molecule has 1 atom stereocenters. The number of nitrogens with zero attached hydrogens (tertiary/aromatic N) is 1. The summed E-state index contributed by atoms with van der Waals surface area (Å²) in [5, 5.41) is 3.75. The van der Waals surface area contributed by atoms with E-state index in [0.29, 0.717) is 12.1 Å². The maximum atomic E-state index is 11.3. The average molecular weight is 224 g/mol. The number of carbonyl (C=O) groups excluding carboxylic acids is 1. The van der Waals surface area contributed by atoms with Crippen molar-refractivity contribution >= 4 is 5.91 Å². The second kappa shape index (κ2) is 5.67. The SMILES string of the molecule is CC(=O)N1CCCC(NC2CCCCC2)C1. The van der Waals surface area contributed by atoms with Gasteiger partial charge < -0.3 is 10.2 Å². The lowest BCUT2D eigenvalue weighted by atomic mass is 9.94. The summed E-state index contributed by atoms with van der Waals surface area (Å²) in [7, 11) is 0. The van der Waals surface area contributed by atoms with Crippen LogP contribution in [-0.4, -0.2) is 36.0 Å². The van der Waals surface area contributed by atoms with Crippen molar-refractivity contribution < 1.29 is 4.79 Å². The predicted molar refractivity (Wildman–Crippen MR) is 65.3 cm³/mol. The van der Waals surface area contributed by atoms with E-state index in [4.69, 9.17) is 0 Å². The summed E-state index contributed by atoms with van der Waals surface area (Å²) in [6.07, 6.45) is 9.21. The lowest BCUT2D eigenvalue weighted by molar-refractivity contribution is -0.130. The molecule has 2 aliphatic rings. The van der Waals surface area contributed by atoms with E-state index >= 15 is 0 Å². The van der Waals surface area contributed by atoms with E-state index in [1.165, 1.54) is 38.5 Å². The van der Waals surface area contributed by atoms with Crippen molar-refractivity contribution in [3.63, 3.8) is 0 Å². The minimum Gasteiger partial charge on any atom is -0.341 e. The van der Waals surface area contributed by atoms with Gasteiger partial charge in [-0.05, 0) is 25.7 Å². The number of likely N-dealkylation sites (tertiary alicyclic amines) is 1. The quantitative estimate of drug-likeness (QED) is 0.777. The molecule has 3 nitrogen and oxygen atoms in total. The van der Waals surface area contributed by atoms with Gasteiger partial charge in [0, 0.05) is 32.1 Å². The smallest absolute Gasteiger partial charge is 0.219 e. The number of rotatable bonds is 2. The van der Waals surface area contributed by atoms with Crippen LogP contribution in [0.1, 0.15) is 51.9 Å². The molecule has 1 saturated heterocycles.